The minimum Gasteiger partial charge on any atom is -0.432 e. The summed E-state index contributed by atoms with van der Waals surface area (Å²) in [7, 11) is 0. The van der Waals surface area contributed by atoms with Crippen molar-refractivity contribution in [2.24, 2.45) is 17.8 Å². The molecule has 0 N–H and O–H groups in total. The highest BCUT2D eigenvalue weighted by atomic mass is 17.3. The van der Waals surface area contributed by atoms with Gasteiger partial charge in [0.1, 0.15) is 0 Å². The van der Waals surface area contributed by atoms with Crippen molar-refractivity contribution in [3.63, 3.8) is 0 Å². The first kappa shape index (κ1) is 60.7. The van der Waals surface area contributed by atoms with Gasteiger partial charge < -0.3 is 23.7 Å². The molecule has 0 saturated heterocycles. The normalized spacial score (nSPS) is 11.5. The molecule has 0 amide bonds. The molecule has 5 aromatic rings. The smallest absolute Gasteiger partial charge is 0.432 e. The largest absolute Gasteiger partial charge is 0.549 e. The van der Waals surface area contributed by atoms with Crippen LogP contribution < -0.4 is 0 Å². The molecular formula is C55H52O25. The fraction of sp³-hybridized carbons (Fsp3) is 0.273. The van der Waals surface area contributed by atoms with Crippen molar-refractivity contribution >= 4 is 60.6 Å². The highest BCUT2D eigenvalue weighted by Crippen LogP contribution is 2.30. The number of hydrogen-bond acceptors (Lipinski definition) is 25. The van der Waals surface area contributed by atoms with E-state index in [1.54, 1.807) is 95.3 Å². The average Bonchev–Trinajstić information content (AvgIpc) is 3.45. The quantitative estimate of drug-likeness (QED) is 0.0321. The first-order chi connectivity index (χ1) is 38.3. The van der Waals surface area contributed by atoms with Crippen LogP contribution in [0, 0.1) is 52.4 Å². The Kier molecular flexibility index (Phi) is 23.6. The van der Waals surface area contributed by atoms with Gasteiger partial charge in [-0.05, 0) is 108 Å². The number of rotatable bonds is 19. The first-order valence-electron chi connectivity index (χ1n) is 23.9. The number of hydrogen-bond donors (Lipinski definition) is 0. The minimum atomic E-state index is -1.63. The molecule has 422 valence electrons. The zero-order valence-electron chi connectivity index (χ0n) is 43.4. The van der Waals surface area contributed by atoms with Gasteiger partial charge in [-0.3, -0.25) is 0 Å². The molecule has 5 rings (SSSR count). The van der Waals surface area contributed by atoms with Crippen LogP contribution in [-0.2, 0) is 72.6 Å². The number of ether oxygens (including phenoxy) is 5. The Bertz CT molecular complexity index is 2760. The van der Waals surface area contributed by atoms with Crippen molar-refractivity contribution in [3.05, 3.63) is 177 Å². The molecule has 0 aliphatic carbocycles. The van der Waals surface area contributed by atoms with Crippen molar-refractivity contribution in [2.75, 3.05) is 33.0 Å². The zero-order valence-corrected chi connectivity index (χ0v) is 43.4. The molecule has 0 heterocycles. The third-order valence-electron chi connectivity index (χ3n) is 11.2. The van der Waals surface area contributed by atoms with Crippen LogP contribution in [0.15, 0.2) is 121 Å². The van der Waals surface area contributed by atoms with Crippen molar-refractivity contribution < 1.29 is 121 Å². The van der Waals surface area contributed by atoms with Crippen molar-refractivity contribution in [1.29, 1.82) is 0 Å². The van der Waals surface area contributed by atoms with Crippen LogP contribution in [0.5, 0.6) is 0 Å². The van der Waals surface area contributed by atoms with Crippen LogP contribution in [0.4, 0.5) is 24.0 Å². The van der Waals surface area contributed by atoms with Crippen molar-refractivity contribution in [1.82, 2.24) is 0 Å². The number of benzene rings is 5. The van der Waals surface area contributed by atoms with E-state index in [1.807, 2.05) is 0 Å². The average molecular weight is 1110 g/mol. The second kappa shape index (κ2) is 31.1. The molecule has 0 spiro atoms. The maximum absolute atomic E-state index is 13.1. The lowest BCUT2D eigenvalue weighted by atomic mass is 9.79. The van der Waals surface area contributed by atoms with Gasteiger partial charge in [-0.15, -0.1) is 0 Å². The molecule has 25 heteroatoms. The molecule has 0 aliphatic heterocycles. The van der Waals surface area contributed by atoms with Gasteiger partial charge in [0.25, 0.3) is 0 Å². The fourth-order valence-corrected chi connectivity index (χ4v) is 6.77. The van der Waals surface area contributed by atoms with Crippen molar-refractivity contribution in [2.45, 2.75) is 47.5 Å². The van der Waals surface area contributed by atoms with E-state index in [0.717, 1.165) is 27.8 Å². The van der Waals surface area contributed by atoms with E-state index in [1.165, 1.54) is 60.7 Å². The van der Waals surface area contributed by atoms with Gasteiger partial charge in [0, 0.05) is 17.8 Å². The second-order valence-electron chi connectivity index (χ2n) is 17.2. The Balaban J connectivity index is 1.39. The summed E-state index contributed by atoms with van der Waals surface area (Å²) in [6, 6.07) is 29.9. The third kappa shape index (κ3) is 21.1. The molecule has 0 bridgehead atoms. The van der Waals surface area contributed by atoms with Gasteiger partial charge >= 0.3 is 60.6 Å². The van der Waals surface area contributed by atoms with Crippen LogP contribution in [0.3, 0.4) is 0 Å². The lowest BCUT2D eigenvalue weighted by molar-refractivity contribution is -0.210. The fourth-order valence-electron chi connectivity index (χ4n) is 6.77. The Labute approximate surface area is 455 Å². The Hall–Kier alpha value is -10.2. The second-order valence-corrected chi connectivity index (χ2v) is 17.2. The topological polar surface area (TPSA) is 309 Å². The van der Waals surface area contributed by atoms with Gasteiger partial charge in [-0.1, -0.05) is 88.5 Å². The summed E-state index contributed by atoms with van der Waals surface area (Å²) in [5.41, 5.74) is 4.04. The summed E-state index contributed by atoms with van der Waals surface area (Å²) in [5.74, 6) is -9.41. The SMILES string of the molecule is Cc1ccc(C(=O)OOC(=O)OCCC(COC(=O)OOC(=O)c2ccc(C)cc2)C(COC(=O)OOC(=O)c2ccc(C)cc2)C(CCOC(=O)OOC(=O)c2ccc(C)cc2)COC(=O)OOC(=O)c2ccc(C)cc2)cc1. The summed E-state index contributed by atoms with van der Waals surface area (Å²) in [4.78, 5) is 173. The summed E-state index contributed by atoms with van der Waals surface area (Å²) in [5, 5.41) is 0. The molecule has 0 aromatic heterocycles. The van der Waals surface area contributed by atoms with E-state index in [9.17, 15) is 47.9 Å². The maximum atomic E-state index is 13.1. The van der Waals surface area contributed by atoms with E-state index in [4.69, 9.17) is 23.7 Å². The van der Waals surface area contributed by atoms with E-state index in [-0.39, 0.29) is 27.8 Å². The molecule has 0 aliphatic rings. The summed E-state index contributed by atoms with van der Waals surface area (Å²) < 4.78 is 26.2. The van der Waals surface area contributed by atoms with E-state index in [2.05, 4.69) is 48.9 Å². The molecule has 2 unspecified atom stereocenters. The van der Waals surface area contributed by atoms with Gasteiger partial charge in [0.2, 0.25) is 0 Å². The van der Waals surface area contributed by atoms with Crippen LogP contribution >= 0.6 is 0 Å². The van der Waals surface area contributed by atoms with E-state index in [0.29, 0.717) is 0 Å². The molecule has 5 aromatic carbocycles. The number of carbonyl (C=O) groups is 10. The molecule has 0 radical (unpaired) electrons. The highest BCUT2D eigenvalue weighted by Gasteiger charge is 2.35. The zero-order chi connectivity index (χ0) is 58.0. The lowest BCUT2D eigenvalue weighted by Gasteiger charge is -2.32. The minimum absolute atomic E-state index is 0.00897. The molecular weight excluding hydrogens is 1060 g/mol. The molecule has 25 nitrogen and oxygen atoms in total. The summed E-state index contributed by atoms with van der Waals surface area (Å²) in [6.07, 6.45) is -8.82. The van der Waals surface area contributed by atoms with Gasteiger partial charge in [-0.25, -0.2) is 72.8 Å². The lowest BCUT2D eigenvalue weighted by Crippen LogP contribution is -2.37. The predicted octanol–water partition coefficient (Wildman–Crippen LogP) is 9.78. The Morgan fingerprint density at radius 3 is 0.700 bits per heavy atom. The first-order valence-corrected chi connectivity index (χ1v) is 23.9. The van der Waals surface area contributed by atoms with E-state index < -0.39 is 124 Å². The van der Waals surface area contributed by atoms with Crippen LogP contribution in [0.25, 0.3) is 0 Å². The van der Waals surface area contributed by atoms with Gasteiger partial charge in [-0.2, -0.15) is 24.0 Å². The Morgan fingerprint density at radius 1 is 0.275 bits per heavy atom. The maximum Gasteiger partial charge on any atom is 0.549 e. The molecule has 0 fully saturated rings. The Morgan fingerprint density at radius 2 is 0.475 bits per heavy atom. The van der Waals surface area contributed by atoms with E-state index >= 15 is 0 Å². The summed E-state index contributed by atoms with van der Waals surface area (Å²) >= 11 is 0. The molecule has 80 heavy (non-hydrogen) atoms. The monoisotopic (exact) mass is 1110 g/mol. The predicted molar refractivity (Wildman–Crippen MR) is 265 cm³/mol. The number of carbonyl (C=O) groups excluding carboxylic acids is 10. The van der Waals surface area contributed by atoms with Gasteiger partial charge in [0.15, 0.2) is 0 Å². The van der Waals surface area contributed by atoms with Crippen LogP contribution in [0.1, 0.15) is 92.4 Å². The summed E-state index contributed by atoms with van der Waals surface area (Å²) in [6.45, 7) is 4.96. The van der Waals surface area contributed by atoms with Gasteiger partial charge in [0.05, 0.1) is 60.9 Å². The van der Waals surface area contributed by atoms with Crippen LogP contribution in [-0.4, -0.2) is 93.7 Å². The molecule has 0 saturated carbocycles. The van der Waals surface area contributed by atoms with Crippen molar-refractivity contribution in [3.8, 4) is 0 Å². The van der Waals surface area contributed by atoms with Crippen LogP contribution in [0.2, 0.25) is 0 Å². The highest BCUT2D eigenvalue weighted by molar-refractivity contribution is 5.91. The molecule has 2 atom stereocenters. The number of aryl methyl sites for hydroxylation is 5. The standard InChI is InChI=1S/C55H52O25/c1-33-6-16-38(17-7-33)46(56)71-76-51(61)66-28-26-43(30-68-53(63)78-73-48(58)40-20-10-35(3)11-21-40)45(32-70-55(65)80-75-50(60)42-24-14-37(5)15-25-42)44(31-69-54(64)79-74-49(59)41-22-12-36(4)13-23-41)27-29-67-52(62)77-72-47(57)39-18-8-34(2)9-19-39/h6-25,43-45H,26-32H2,1-5H3. The third-order valence-corrected chi connectivity index (χ3v) is 11.2.